The maximum absolute atomic E-state index is 12.4. The van der Waals surface area contributed by atoms with Gasteiger partial charge in [-0.15, -0.1) is 0 Å². The fourth-order valence-electron chi connectivity index (χ4n) is 2.77. The summed E-state index contributed by atoms with van der Waals surface area (Å²) in [4.78, 5) is 18.6. The van der Waals surface area contributed by atoms with Crippen LogP contribution in [0.1, 0.15) is 43.1 Å². The molecule has 1 N–H and O–H groups in total. The van der Waals surface area contributed by atoms with Crippen molar-refractivity contribution >= 4 is 11.6 Å². The van der Waals surface area contributed by atoms with Crippen LogP contribution in [0.15, 0.2) is 6.07 Å². The number of hydrogen-bond donors (Lipinski definition) is 1. The molecular formula is C16H22N4O. The Morgan fingerprint density at radius 3 is 2.67 bits per heavy atom. The molecule has 0 bridgehead atoms. The van der Waals surface area contributed by atoms with Gasteiger partial charge in [-0.1, -0.05) is 0 Å². The number of pyridine rings is 1. The lowest BCUT2D eigenvalue weighted by molar-refractivity contribution is -0.132. The molecule has 112 valence electrons. The maximum atomic E-state index is 12.4. The molecule has 0 aliphatic carbocycles. The van der Waals surface area contributed by atoms with Gasteiger partial charge in [0.15, 0.2) is 0 Å². The highest BCUT2D eigenvalue weighted by Crippen LogP contribution is 2.20. The summed E-state index contributed by atoms with van der Waals surface area (Å²) in [5, 5.41) is 12.5. The first kappa shape index (κ1) is 15.3. The second-order valence-corrected chi connectivity index (χ2v) is 5.64. The van der Waals surface area contributed by atoms with Crippen LogP contribution >= 0.6 is 0 Å². The first-order chi connectivity index (χ1) is 10.0. The zero-order valence-corrected chi connectivity index (χ0v) is 12.9. The quantitative estimate of drug-likeness (QED) is 0.926. The Morgan fingerprint density at radius 1 is 1.38 bits per heavy atom. The molecule has 1 atom stereocenters. The normalized spacial score (nSPS) is 16.2. The van der Waals surface area contributed by atoms with Crippen molar-refractivity contribution in [1.29, 1.82) is 5.26 Å². The number of aromatic nitrogens is 1. The Balaban J connectivity index is 2.14. The summed E-state index contributed by atoms with van der Waals surface area (Å²) in [6, 6.07) is 3.65. The van der Waals surface area contributed by atoms with E-state index in [4.69, 9.17) is 0 Å². The average molecular weight is 286 g/mol. The predicted molar refractivity (Wildman–Crippen MR) is 81.9 cm³/mol. The number of hydrogen-bond acceptors (Lipinski definition) is 4. The topological polar surface area (TPSA) is 69.0 Å². The number of nitrogens with one attached hydrogen (secondary N) is 1. The van der Waals surface area contributed by atoms with Gasteiger partial charge in [0.05, 0.1) is 16.9 Å². The Labute approximate surface area is 126 Å². The van der Waals surface area contributed by atoms with Gasteiger partial charge in [-0.25, -0.2) is 0 Å². The van der Waals surface area contributed by atoms with Gasteiger partial charge in [-0.2, -0.15) is 5.26 Å². The van der Waals surface area contributed by atoms with Crippen LogP contribution in [0.4, 0.5) is 5.69 Å². The minimum absolute atomic E-state index is 0.103. The maximum Gasteiger partial charge on any atom is 0.244 e. The third-order valence-corrected chi connectivity index (χ3v) is 3.85. The van der Waals surface area contributed by atoms with Gasteiger partial charge in [0.25, 0.3) is 0 Å². The lowest BCUT2D eigenvalue weighted by Crippen LogP contribution is -2.44. The van der Waals surface area contributed by atoms with Crippen LogP contribution in [0, 0.1) is 25.2 Å². The second-order valence-electron chi connectivity index (χ2n) is 5.64. The molecule has 5 nitrogen and oxygen atoms in total. The smallest absolute Gasteiger partial charge is 0.244 e. The van der Waals surface area contributed by atoms with Gasteiger partial charge in [-0.05, 0) is 46.1 Å². The number of aryl methyl sites for hydroxylation is 2. The molecule has 0 aromatic carbocycles. The Morgan fingerprint density at radius 2 is 2.05 bits per heavy atom. The van der Waals surface area contributed by atoms with Crippen molar-refractivity contribution in [3.05, 3.63) is 23.0 Å². The number of nitriles is 1. The van der Waals surface area contributed by atoms with Crippen LogP contribution in [0.3, 0.4) is 0 Å². The fraction of sp³-hybridized carbons (Fsp3) is 0.562. The third-order valence-electron chi connectivity index (χ3n) is 3.85. The van der Waals surface area contributed by atoms with E-state index in [1.165, 1.54) is 6.42 Å². The van der Waals surface area contributed by atoms with Gasteiger partial charge >= 0.3 is 0 Å². The van der Waals surface area contributed by atoms with Gasteiger partial charge in [0.2, 0.25) is 5.91 Å². The van der Waals surface area contributed by atoms with Gasteiger partial charge < -0.3 is 10.2 Å². The summed E-state index contributed by atoms with van der Waals surface area (Å²) in [7, 11) is 0. The van der Waals surface area contributed by atoms with Crippen molar-refractivity contribution in [2.45, 2.75) is 46.1 Å². The molecule has 0 radical (unpaired) electrons. The highest BCUT2D eigenvalue weighted by molar-refractivity contribution is 5.85. The van der Waals surface area contributed by atoms with E-state index < -0.39 is 0 Å². The van der Waals surface area contributed by atoms with E-state index in [0.717, 1.165) is 31.6 Å². The number of piperidine rings is 1. The molecule has 1 aromatic heterocycles. The number of anilines is 1. The highest BCUT2D eigenvalue weighted by atomic mass is 16.2. The summed E-state index contributed by atoms with van der Waals surface area (Å²) in [6.45, 7) is 7.22. The van der Waals surface area contributed by atoms with E-state index >= 15 is 0 Å². The number of rotatable bonds is 3. The summed E-state index contributed by atoms with van der Waals surface area (Å²) >= 11 is 0. The van der Waals surface area contributed by atoms with E-state index in [-0.39, 0.29) is 11.9 Å². The van der Waals surface area contributed by atoms with Crippen LogP contribution in [0.25, 0.3) is 0 Å². The van der Waals surface area contributed by atoms with E-state index in [9.17, 15) is 10.1 Å². The molecule has 1 saturated heterocycles. The molecule has 2 heterocycles. The van der Waals surface area contributed by atoms with Crippen LogP contribution in [0.5, 0.6) is 0 Å². The lowest BCUT2D eigenvalue weighted by atomic mass is 10.1. The molecule has 1 aliphatic rings. The van der Waals surface area contributed by atoms with Crippen LogP contribution in [0.2, 0.25) is 0 Å². The molecule has 0 spiro atoms. The van der Waals surface area contributed by atoms with Crippen LogP contribution in [-0.4, -0.2) is 34.9 Å². The number of carbonyl (C=O) groups is 1. The Kier molecular flexibility index (Phi) is 4.79. The van der Waals surface area contributed by atoms with E-state index in [1.54, 1.807) is 0 Å². The number of likely N-dealkylation sites (tertiary alicyclic amines) is 1. The summed E-state index contributed by atoms with van der Waals surface area (Å²) in [5.74, 6) is 0.103. The predicted octanol–water partition coefficient (Wildman–Crippen LogP) is 2.38. The molecule has 2 rings (SSSR count). The van der Waals surface area contributed by atoms with Gasteiger partial charge in [0.1, 0.15) is 12.1 Å². The average Bonchev–Trinajstić information content (AvgIpc) is 2.47. The van der Waals surface area contributed by atoms with Crippen molar-refractivity contribution in [3.8, 4) is 6.07 Å². The van der Waals surface area contributed by atoms with Gasteiger partial charge in [-0.3, -0.25) is 9.78 Å². The molecule has 1 aliphatic heterocycles. The lowest BCUT2D eigenvalue weighted by Gasteiger charge is -2.30. The zero-order valence-electron chi connectivity index (χ0n) is 12.9. The standard InChI is InChI=1S/C16H22N4O/c1-11-9-15(14(10-17)12(2)18-11)19-13(3)16(21)20-7-5-4-6-8-20/h9,13H,4-8H2,1-3H3,(H,18,19). The van der Waals surface area contributed by atoms with Crippen LogP contribution < -0.4 is 5.32 Å². The minimum atomic E-state index is -0.337. The molecule has 21 heavy (non-hydrogen) atoms. The van der Waals surface area contributed by atoms with E-state index in [2.05, 4.69) is 16.4 Å². The zero-order chi connectivity index (χ0) is 15.4. The van der Waals surface area contributed by atoms with Crippen molar-refractivity contribution in [1.82, 2.24) is 9.88 Å². The van der Waals surface area contributed by atoms with E-state index in [1.807, 2.05) is 31.7 Å². The summed E-state index contributed by atoms with van der Waals surface area (Å²) in [6.07, 6.45) is 3.36. The summed E-state index contributed by atoms with van der Waals surface area (Å²) < 4.78 is 0. The molecule has 1 fully saturated rings. The van der Waals surface area contributed by atoms with Gasteiger partial charge in [0, 0.05) is 18.8 Å². The molecule has 0 saturated carbocycles. The Hall–Kier alpha value is -2.09. The molecule has 5 heteroatoms. The first-order valence-electron chi connectivity index (χ1n) is 7.46. The SMILES string of the molecule is Cc1cc(NC(C)C(=O)N2CCCCC2)c(C#N)c(C)n1. The minimum Gasteiger partial charge on any atom is -0.373 e. The van der Waals surface area contributed by atoms with Crippen LogP contribution in [-0.2, 0) is 4.79 Å². The number of carbonyl (C=O) groups excluding carboxylic acids is 1. The monoisotopic (exact) mass is 286 g/mol. The largest absolute Gasteiger partial charge is 0.373 e. The highest BCUT2D eigenvalue weighted by Gasteiger charge is 2.23. The molecular weight excluding hydrogens is 264 g/mol. The molecule has 1 aromatic rings. The number of nitrogens with zero attached hydrogens (tertiary/aromatic N) is 3. The number of amides is 1. The second kappa shape index (κ2) is 6.57. The Bertz CT molecular complexity index is 570. The summed E-state index contributed by atoms with van der Waals surface area (Å²) in [5.41, 5.74) is 2.74. The third kappa shape index (κ3) is 3.52. The first-order valence-corrected chi connectivity index (χ1v) is 7.46. The van der Waals surface area contributed by atoms with Crippen molar-refractivity contribution < 1.29 is 4.79 Å². The molecule has 1 amide bonds. The van der Waals surface area contributed by atoms with Crippen molar-refractivity contribution in [2.24, 2.45) is 0 Å². The van der Waals surface area contributed by atoms with E-state index in [0.29, 0.717) is 16.9 Å². The van der Waals surface area contributed by atoms with Crippen molar-refractivity contribution in [2.75, 3.05) is 18.4 Å². The molecule has 1 unspecified atom stereocenters. The fourth-order valence-corrected chi connectivity index (χ4v) is 2.77. The van der Waals surface area contributed by atoms with Crippen molar-refractivity contribution in [3.63, 3.8) is 0 Å².